The third kappa shape index (κ3) is 5.80. The van der Waals surface area contributed by atoms with Gasteiger partial charge in [0.15, 0.2) is 15.0 Å². The number of aromatic nitrogens is 1. The minimum absolute atomic E-state index is 0. The number of rotatable bonds is 8. The van der Waals surface area contributed by atoms with Crippen LogP contribution in [0.4, 0.5) is 5.13 Å². The zero-order valence-electron chi connectivity index (χ0n) is 18.5. The Morgan fingerprint density at radius 3 is 2.53 bits per heavy atom. The second-order valence-corrected chi connectivity index (χ2v) is 11.3. The Hall–Kier alpha value is -1.71. The zero-order chi connectivity index (χ0) is 22.8. The predicted molar refractivity (Wildman–Crippen MR) is 136 cm³/mol. The van der Waals surface area contributed by atoms with Gasteiger partial charge in [0.1, 0.15) is 0 Å². The smallest absolute Gasteiger partial charge is 0.260 e. The maximum Gasteiger partial charge on any atom is 0.260 e. The average molecular weight is 517 g/mol. The van der Waals surface area contributed by atoms with E-state index in [1.165, 1.54) is 23.5 Å². The fourth-order valence-electron chi connectivity index (χ4n) is 3.18. The van der Waals surface area contributed by atoms with Gasteiger partial charge in [-0.15, -0.1) is 12.4 Å². The number of carbonyl (C=O) groups is 1. The van der Waals surface area contributed by atoms with Gasteiger partial charge in [0.05, 0.1) is 20.9 Å². The van der Waals surface area contributed by atoms with Crippen LogP contribution in [0.2, 0.25) is 5.02 Å². The molecule has 10 heteroatoms. The van der Waals surface area contributed by atoms with Crippen LogP contribution in [0, 0.1) is 6.92 Å². The van der Waals surface area contributed by atoms with Crippen molar-refractivity contribution in [3.8, 4) is 0 Å². The lowest BCUT2D eigenvalue weighted by Gasteiger charge is -2.21. The van der Waals surface area contributed by atoms with E-state index in [-0.39, 0.29) is 29.0 Å². The third-order valence-electron chi connectivity index (χ3n) is 5.02. The van der Waals surface area contributed by atoms with Gasteiger partial charge in [0.2, 0.25) is 0 Å². The van der Waals surface area contributed by atoms with Gasteiger partial charge in [-0.2, -0.15) is 0 Å². The van der Waals surface area contributed by atoms with Crippen molar-refractivity contribution in [1.82, 2.24) is 9.88 Å². The molecule has 0 saturated carbocycles. The lowest BCUT2D eigenvalue weighted by Crippen LogP contribution is -2.33. The van der Waals surface area contributed by atoms with Crippen molar-refractivity contribution in [3.05, 3.63) is 52.5 Å². The topological polar surface area (TPSA) is 70.6 Å². The fourth-order valence-corrected chi connectivity index (χ4v) is 5.31. The minimum Gasteiger partial charge on any atom is -0.309 e. The van der Waals surface area contributed by atoms with Crippen LogP contribution >= 0.6 is 35.3 Å². The van der Waals surface area contributed by atoms with Gasteiger partial charge >= 0.3 is 0 Å². The van der Waals surface area contributed by atoms with E-state index in [1.807, 2.05) is 33.2 Å². The van der Waals surface area contributed by atoms with Gasteiger partial charge in [-0.05, 0) is 69.9 Å². The van der Waals surface area contributed by atoms with Gasteiger partial charge < -0.3 is 4.90 Å². The molecule has 0 atom stereocenters. The van der Waals surface area contributed by atoms with Crippen LogP contribution in [-0.2, 0) is 9.84 Å². The highest BCUT2D eigenvalue weighted by Crippen LogP contribution is 2.34. The summed E-state index contributed by atoms with van der Waals surface area (Å²) >= 11 is 7.68. The van der Waals surface area contributed by atoms with E-state index >= 15 is 0 Å². The number of fused-ring (bicyclic) bond motifs is 1. The molecule has 1 amide bonds. The second-order valence-electron chi connectivity index (χ2n) is 7.56. The first kappa shape index (κ1) is 26.5. The molecule has 0 saturated heterocycles. The highest BCUT2D eigenvalue weighted by molar-refractivity contribution is 7.91. The van der Waals surface area contributed by atoms with Crippen molar-refractivity contribution < 1.29 is 13.2 Å². The zero-order valence-corrected chi connectivity index (χ0v) is 21.7. The number of anilines is 1. The molecule has 0 radical (unpaired) electrons. The molecule has 3 rings (SSSR count). The molecule has 1 aromatic heterocycles. The van der Waals surface area contributed by atoms with Gasteiger partial charge in [-0.1, -0.05) is 35.9 Å². The van der Waals surface area contributed by atoms with E-state index in [1.54, 1.807) is 24.0 Å². The molecule has 2 aromatic carbocycles. The number of halogens is 2. The Balaban J connectivity index is 0.00000363. The quantitative estimate of drug-likeness (QED) is 0.418. The summed E-state index contributed by atoms with van der Waals surface area (Å²) in [5, 5.41) is 1.21. The largest absolute Gasteiger partial charge is 0.309 e. The number of hydrogen-bond donors (Lipinski definition) is 0. The van der Waals surface area contributed by atoms with E-state index < -0.39 is 9.84 Å². The monoisotopic (exact) mass is 515 g/mol. The highest BCUT2D eigenvalue weighted by atomic mass is 35.5. The Kier molecular flexibility index (Phi) is 9.07. The number of carbonyl (C=O) groups excluding carboxylic acids is 1. The summed E-state index contributed by atoms with van der Waals surface area (Å²) in [4.78, 5) is 22.0. The number of hydrogen-bond acceptors (Lipinski definition) is 6. The first-order valence-corrected chi connectivity index (χ1v) is 12.8. The van der Waals surface area contributed by atoms with E-state index in [9.17, 15) is 13.2 Å². The second kappa shape index (κ2) is 10.9. The summed E-state index contributed by atoms with van der Waals surface area (Å²) < 4.78 is 25.5. The minimum atomic E-state index is -3.41. The molecule has 6 nitrogen and oxygen atoms in total. The number of aryl methyl sites for hydroxylation is 1. The molecule has 0 fully saturated rings. The molecule has 174 valence electrons. The Morgan fingerprint density at radius 2 is 1.88 bits per heavy atom. The molecule has 0 bridgehead atoms. The van der Waals surface area contributed by atoms with Crippen molar-refractivity contribution in [1.29, 1.82) is 0 Å². The Morgan fingerprint density at radius 1 is 1.16 bits per heavy atom. The molecule has 0 spiro atoms. The van der Waals surface area contributed by atoms with Crippen LogP contribution in [0.15, 0.2) is 41.3 Å². The van der Waals surface area contributed by atoms with Crippen molar-refractivity contribution in [3.63, 3.8) is 0 Å². The normalized spacial score (nSPS) is 11.6. The number of benzene rings is 2. The summed E-state index contributed by atoms with van der Waals surface area (Å²) in [6.45, 7) is 4.77. The molecule has 0 aliphatic rings. The van der Waals surface area contributed by atoms with E-state index in [2.05, 4.69) is 4.90 Å². The molecule has 32 heavy (non-hydrogen) atoms. The maximum atomic E-state index is 13.5. The van der Waals surface area contributed by atoms with Crippen LogP contribution < -0.4 is 4.90 Å². The van der Waals surface area contributed by atoms with Crippen molar-refractivity contribution >= 4 is 66.4 Å². The van der Waals surface area contributed by atoms with Crippen molar-refractivity contribution in [2.24, 2.45) is 0 Å². The molecule has 0 unspecified atom stereocenters. The summed E-state index contributed by atoms with van der Waals surface area (Å²) in [6.07, 6.45) is 0.751. The van der Waals surface area contributed by atoms with Gasteiger partial charge in [-0.25, -0.2) is 13.4 Å². The first-order valence-electron chi connectivity index (χ1n) is 9.99. The molecule has 0 aliphatic heterocycles. The van der Waals surface area contributed by atoms with Gasteiger partial charge in [0.25, 0.3) is 5.91 Å². The molecule has 0 N–H and O–H groups in total. The van der Waals surface area contributed by atoms with E-state index in [0.29, 0.717) is 22.3 Å². The highest BCUT2D eigenvalue weighted by Gasteiger charge is 2.23. The number of sulfone groups is 1. The predicted octanol–water partition coefficient (Wildman–Crippen LogP) is 5.07. The van der Waals surface area contributed by atoms with Crippen molar-refractivity contribution in [2.75, 3.05) is 37.8 Å². The summed E-state index contributed by atoms with van der Waals surface area (Å²) in [5.41, 5.74) is 1.98. The molecular weight excluding hydrogens is 489 g/mol. The molecule has 1 heterocycles. The van der Waals surface area contributed by atoms with Crippen LogP contribution in [0.1, 0.15) is 29.3 Å². The molecular formula is C22H27Cl2N3O3S2. The fraction of sp³-hybridized carbons (Fsp3) is 0.364. The SMILES string of the molecule is CCS(=O)(=O)c1cccc(C(=O)N(CCCN(C)C)c2nc3c(C)c(Cl)ccc3s2)c1.Cl. The molecule has 0 aliphatic carbocycles. The maximum absolute atomic E-state index is 13.5. The van der Waals surface area contributed by atoms with E-state index in [0.717, 1.165) is 28.7 Å². The van der Waals surface area contributed by atoms with Crippen LogP contribution in [0.5, 0.6) is 0 Å². The van der Waals surface area contributed by atoms with Crippen LogP contribution in [0.25, 0.3) is 10.2 Å². The average Bonchev–Trinajstić information content (AvgIpc) is 3.18. The lowest BCUT2D eigenvalue weighted by atomic mass is 10.2. The van der Waals surface area contributed by atoms with Crippen molar-refractivity contribution in [2.45, 2.75) is 25.2 Å². The number of thiazole rings is 1. The first-order chi connectivity index (χ1) is 14.6. The van der Waals surface area contributed by atoms with Gasteiger partial charge in [-0.3, -0.25) is 9.69 Å². The molecule has 3 aromatic rings. The van der Waals surface area contributed by atoms with Crippen LogP contribution in [0.3, 0.4) is 0 Å². The van der Waals surface area contributed by atoms with E-state index in [4.69, 9.17) is 16.6 Å². The lowest BCUT2D eigenvalue weighted by molar-refractivity contribution is 0.0986. The summed E-state index contributed by atoms with van der Waals surface area (Å²) in [6, 6.07) is 9.97. The number of amides is 1. The number of nitrogens with zero attached hydrogens (tertiary/aromatic N) is 3. The van der Waals surface area contributed by atoms with Gasteiger partial charge in [0, 0.05) is 17.1 Å². The summed E-state index contributed by atoms with van der Waals surface area (Å²) in [5.74, 6) is -0.288. The standard InChI is InChI=1S/C22H26ClN3O3S2.ClH/c1-5-31(28,29)17-9-6-8-16(14-17)21(27)26(13-7-12-25(3)4)22-24-20-15(2)18(23)10-11-19(20)30-22;/h6,8-11,14H,5,7,12-13H2,1-4H3;1H. The summed E-state index contributed by atoms with van der Waals surface area (Å²) in [7, 11) is 0.552. The Labute approximate surface area is 204 Å². The third-order valence-corrected chi connectivity index (χ3v) is 8.21. The van der Waals surface area contributed by atoms with Crippen LogP contribution in [-0.4, -0.2) is 57.1 Å². The Bertz CT molecular complexity index is 1210.